The quantitative estimate of drug-likeness (QED) is 0.782. The van der Waals surface area contributed by atoms with Crippen LogP contribution >= 0.6 is 0 Å². The Morgan fingerprint density at radius 3 is 3.00 bits per heavy atom. The lowest BCUT2D eigenvalue weighted by Crippen LogP contribution is -2.32. The van der Waals surface area contributed by atoms with E-state index in [-0.39, 0.29) is 18.6 Å². The Hall–Kier alpha value is -1.40. The van der Waals surface area contributed by atoms with Crippen molar-refractivity contribution in [2.45, 2.75) is 32.5 Å². The van der Waals surface area contributed by atoms with E-state index in [1.807, 2.05) is 13.1 Å². The fourth-order valence-electron chi connectivity index (χ4n) is 2.50. The van der Waals surface area contributed by atoms with Crippen molar-refractivity contribution in [3.05, 3.63) is 18.0 Å². The molecule has 0 bridgehead atoms. The van der Waals surface area contributed by atoms with Crippen LogP contribution in [0.5, 0.6) is 0 Å². The van der Waals surface area contributed by atoms with Crippen LogP contribution in [0.25, 0.3) is 0 Å². The van der Waals surface area contributed by atoms with Crippen LogP contribution in [0.4, 0.5) is 0 Å². The van der Waals surface area contributed by atoms with Crippen molar-refractivity contribution in [3.63, 3.8) is 0 Å². The maximum absolute atomic E-state index is 11.0. The molecule has 1 aromatic rings. The Morgan fingerprint density at radius 1 is 1.61 bits per heavy atom. The number of hydrogen-bond acceptors (Lipinski definition) is 4. The first-order chi connectivity index (χ1) is 8.61. The third-order valence-corrected chi connectivity index (χ3v) is 3.60. The summed E-state index contributed by atoms with van der Waals surface area (Å²) in [5.74, 6) is -0.974. The van der Waals surface area contributed by atoms with Crippen molar-refractivity contribution >= 4 is 5.97 Å². The van der Waals surface area contributed by atoms with Crippen molar-refractivity contribution in [1.29, 1.82) is 0 Å². The fourth-order valence-corrected chi connectivity index (χ4v) is 2.50. The van der Waals surface area contributed by atoms with E-state index in [9.17, 15) is 4.79 Å². The molecule has 0 radical (unpaired) electrons. The highest BCUT2D eigenvalue weighted by Gasteiger charge is 2.35. The van der Waals surface area contributed by atoms with Crippen molar-refractivity contribution < 1.29 is 15.0 Å². The standard InChI is InChI=1S/C12H19N3O3/c1-9-11(12(17)18)2-3-14(9)7-10-6-13-15(8-10)4-5-16/h6,8-9,11,16H,2-5,7H2,1H3,(H,17,18). The van der Waals surface area contributed by atoms with Crippen LogP contribution in [0, 0.1) is 5.92 Å². The Balaban J connectivity index is 1.95. The van der Waals surface area contributed by atoms with E-state index in [0.717, 1.165) is 18.7 Å². The van der Waals surface area contributed by atoms with Crippen molar-refractivity contribution in [2.24, 2.45) is 5.92 Å². The number of carboxylic acids is 1. The molecule has 1 saturated heterocycles. The molecule has 1 aromatic heterocycles. The molecule has 0 aliphatic carbocycles. The van der Waals surface area contributed by atoms with Gasteiger partial charge in [-0.2, -0.15) is 5.10 Å². The second kappa shape index (κ2) is 5.49. The van der Waals surface area contributed by atoms with Gasteiger partial charge in [-0.15, -0.1) is 0 Å². The number of aliphatic hydroxyl groups is 1. The zero-order chi connectivity index (χ0) is 13.1. The molecule has 1 fully saturated rings. The maximum atomic E-state index is 11.0. The monoisotopic (exact) mass is 253 g/mol. The number of hydrogen-bond donors (Lipinski definition) is 2. The molecule has 6 nitrogen and oxygen atoms in total. The van der Waals surface area contributed by atoms with E-state index < -0.39 is 5.97 Å². The molecule has 2 N–H and O–H groups in total. The largest absolute Gasteiger partial charge is 0.481 e. The highest BCUT2D eigenvalue weighted by atomic mass is 16.4. The molecule has 2 rings (SSSR count). The van der Waals surface area contributed by atoms with Crippen LogP contribution in [0.1, 0.15) is 18.9 Å². The molecule has 18 heavy (non-hydrogen) atoms. The van der Waals surface area contributed by atoms with Crippen LogP contribution in [0.15, 0.2) is 12.4 Å². The van der Waals surface area contributed by atoms with Gasteiger partial charge in [0.2, 0.25) is 0 Å². The first kappa shape index (κ1) is 13.0. The molecule has 2 heterocycles. The van der Waals surface area contributed by atoms with Crippen LogP contribution in [0.2, 0.25) is 0 Å². The molecular weight excluding hydrogens is 234 g/mol. The Kier molecular flexibility index (Phi) is 3.98. The summed E-state index contributed by atoms with van der Waals surface area (Å²) in [6, 6.07) is 0.0590. The first-order valence-corrected chi connectivity index (χ1v) is 6.21. The summed E-state index contributed by atoms with van der Waals surface area (Å²) in [6.45, 7) is 4.05. The minimum Gasteiger partial charge on any atom is -0.481 e. The second-order valence-electron chi connectivity index (χ2n) is 4.78. The summed E-state index contributed by atoms with van der Waals surface area (Å²) in [5, 5.41) is 22.0. The number of nitrogens with zero attached hydrogens (tertiary/aromatic N) is 3. The van der Waals surface area contributed by atoms with Crippen LogP contribution in [0.3, 0.4) is 0 Å². The van der Waals surface area contributed by atoms with E-state index in [0.29, 0.717) is 13.0 Å². The summed E-state index contributed by atoms with van der Waals surface area (Å²) in [6.07, 6.45) is 4.38. The molecule has 100 valence electrons. The predicted octanol–water partition coefficient (Wildman–Crippen LogP) is 0.170. The lowest BCUT2D eigenvalue weighted by Gasteiger charge is -2.22. The minimum atomic E-state index is -0.707. The van der Waals surface area contributed by atoms with E-state index in [1.165, 1.54) is 0 Å². The Bertz CT molecular complexity index is 418. The zero-order valence-electron chi connectivity index (χ0n) is 10.5. The average Bonchev–Trinajstić information content (AvgIpc) is 2.89. The number of aromatic nitrogens is 2. The minimum absolute atomic E-state index is 0.0590. The number of carbonyl (C=O) groups is 1. The molecule has 1 aliphatic rings. The van der Waals surface area contributed by atoms with Gasteiger partial charge >= 0.3 is 5.97 Å². The highest BCUT2D eigenvalue weighted by Crippen LogP contribution is 2.25. The highest BCUT2D eigenvalue weighted by molar-refractivity contribution is 5.71. The summed E-state index contributed by atoms with van der Waals surface area (Å²) in [7, 11) is 0. The maximum Gasteiger partial charge on any atom is 0.308 e. The van der Waals surface area contributed by atoms with Gasteiger partial charge < -0.3 is 10.2 Å². The van der Waals surface area contributed by atoms with Gasteiger partial charge in [0.05, 0.1) is 25.3 Å². The smallest absolute Gasteiger partial charge is 0.308 e. The van der Waals surface area contributed by atoms with Crippen molar-refractivity contribution in [3.8, 4) is 0 Å². The summed E-state index contributed by atoms with van der Waals surface area (Å²) in [4.78, 5) is 13.2. The van der Waals surface area contributed by atoms with Crippen LogP contribution in [-0.4, -0.2) is 50.1 Å². The Labute approximate surface area is 106 Å². The van der Waals surface area contributed by atoms with Crippen LogP contribution < -0.4 is 0 Å². The van der Waals surface area contributed by atoms with Gasteiger partial charge in [-0.1, -0.05) is 0 Å². The normalized spacial score (nSPS) is 24.6. The lowest BCUT2D eigenvalue weighted by molar-refractivity contribution is -0.142. The van der Waals surface area contributed by atoms with Gasteiger partial charge in [0.15, 0.2) is 0 Å². The fraction of sp³-hybridized carbons (Fsp3) is 0.667. The van der Waals surface area contributed by atoms with Crippen molar-refractivity contribution in [1.82, 2.24) is 14.7 Å². The molecule has 2 unspecified atom stereocenters. The summed E-state index contributed by atoms with van der Waals surface area (Å²) in [5.41, 5.74) is 1.06. The third kappa shape index (κ3) is 2.70. The number of aliphatic carboxylic acids is 1. The molecule has 6 heteroatoms. The number of likely N-dealkylation sites (tertiary alicyclic amines) is 1. The molecular formula is C12H19N3O3. The molecule has 0 amide bonds. The second-order valence-corrected chi connectivity index (χ2v) is 4.78. The van der Waals surface area contributed by atoms with Crippen molar-refractivity contribution in [2.75, 3.05) is 13.2 Å². The predicted molar refractivity (Wildman–Crippen MR) is 64.9 cm³/mol. The lowest BCUT2D eigenvalue weighted by atomic mass is 10.0. The van der Waals surface area contributed by atoms with Gasteiger partial charge in [0.25, 0.3) is 0 Å². The first-order valence-electron chi connectivity index (χ1n) is 6.21. The van der Waals surface area contributed by atoms with Gasteiger partial charge in [-0.05, 0) is 19.9 Å². The molecule has 1 aliphatic heterocycles. The SMILES string of the molecule is CC1C(C(=O)O)CCN1Cc1cnn(CCO)c1. The summed E-state index contributed by atoms with van der Waals surface area (Å²) >= 11 is 0. The zero-order valence-corrected chi connectivity index (χ0v) is 10.5. The van der Waals surface area contributed by atoms with Gasteiger partial charge in [0.1, 0.15) is 0 Å². The molecule has 2 atom stereocenters. The van der Waals surface area contributed by atoms with E-state index in [2.05, 4.69) is 10.00 Å². The van der Waals surface area contributed by atoms with E-state index >= 15 is 0 Å². The Morgan fingerprint density at radius 2 is 2.39 bits per heavy atom. The average molecular weight is 253 g/mol. The molecule has 0 saturated carbocycles. The third-order valence-electron chi connectivity index (χ3n) is 3.60. The number of aliphatic hydroxyl groups excluding tert-OH is 1. The van der Waals surface area contributed by atoms with Gasteiger partial charge in [0, 0.05) is 24.3 Å². The summed E-state index contributed by atoms with van der Waals surface area (Å²) < 4.78 is 1.70. The van der Waals surface area contributed by atoms with E-state index in [4.69, 9.17) is 10.2 Å². The van der Waals surface area contributed by atoms with Gasteiger partial charge in [-0.25, -0.2) is 0 Å². The topological polar surface area (TPSA) is 78.6 Å². The number of rotatable bonds is 5. The van der Waals surface area contributed by atoms with Crippen LogP contribution in [-0.2, 0) is 17.9 Å². The van der Waals surface area contributed by atoms with E-state index in [1.54, 1.807) is 10.9 Å². The number of carboxylic acid groups (broad SMARTS) is 1. The molecule has 0 aromatic carbocycles. The van der Waals surface area contributed by atoms with Gasteiger partial charge in [-0.3, -0.25) is 14.4 Å². The molecule has 0 spiro atoms.